The van der Waals surface area contributed by atoms with E-state index in [0.29, 0.717) is 12.1 Å². The SMILES string of the molecule is CC(=O)OCC1O[C@H](S)C(OC(C)=O)C(N=CC(=NN)c2cc(F)c(F)c(F)c2)[C@H]1OC(C)=O. The molecule has 1 aromatic rings. The number of benzene rings is 1. The minimum atomic E-state index is -1.68. The summed E-state index contributed by atoms with van der Waals surface area (Å²) in [6, 6.07) is 0.104. The molecule has 1 heterocycles. The molecule has 1 aromatic carbocycles. The number of nitrogens with zero attached hydrogens (tertiary/aromatic N) is 2. The molecule has 3 unspecified atom stereocenters. The van der Waals surface area contributed by atoms with Gasteiger partial charge in [-0.2, -0.15) is 5.10 Å². The normalized spacial score (nSPS) is 25.1. The number of hydrogen-bond donors (Lipinski definition) is 2. The highest BCUT2D eigenvalue weighted by Gasteiger charge is 2.49. The van der Waals surface area contributed by atoms with Crippen LogP contribution in [0.15, 0.2) is 22.2 Å². The first kappa shape index (κ1) is 27.1. The van der Waals surface area contributed by atoms with Gasteiger partial charge in [-0.25, -0.2) is 13.2 Å². The van der Waals surface area contributed by atoms with Gasteiger partial charge in [0, 0.05) is 26.3 Å². The van der Waals surface area contributed by atoms with Crippen LogP contribution < -0.4 is 5.84 Å². The van der Waals surface area contributed by atoms with E-state index in [1.54, 1.807) is 0 Å². The molecule has 34 heavy (non-hydrogen) atoms. The van der Waals surface area contributed by atoms with Crippen LogP contribution in [0.4, 0.5) is 13.2 Å². The van der Waals surface area contributed by atoms with Gasteiger partial charge in [-0.3, -0.25) is 19.4 Å². The van der Waals surface area contributed by atoms with Crippen molar-refractivity contribution in [3.8, 4) is 0 Å². The molecule has 14 heteroatoms. The van der Waals surface area contributed by atoms with Crippen molar-refractivity contribution in [3.05, 3.63) is 35.1 Å². The predicted molar refractivity (Wildman–Crippen MR) is 115 cm³/mol. The molecule has 5 atom stereocenters. The van der Waals surface area contributed by atoms with Gasteiger partial charge in [0.1, 0.15) is 29.9 Å². The van der Waals surface area contributed by atoms with E-state index in [2.05, 4.69) is 22.7 Å². The quantitative estimate of drug-likeness (QED) is 0.108. The minimum Gasteiger partial charge on any atom is -0.463 e. The highest BCUT2D eigenvalue weighted by Crippen LogP contribution is 2.30. The van der Waals surface area contributed by atoms with Crippen LogP contribution in [0.3, 0.4) is 0 Å². The van der Waals surface area contributed by atoms with Gasteiger partial charge in [0.15, 0.2) is 29.7 Å². The third-order valence-electron chi connectivity index (χ3n) is 4.48. The van der Waals surface area contributed by atoms with E-state index in [4.69, 9.17) is 24.8 Å². The Kier molecular flexibility index (Phi) is 9.44. The van der Waals surface area contributed by atoms with E-state index >= 15 is 0 Å². The molecule has 2 N–H and O–H groups in total. The fourth-order valence-electron chi connectivity index (χ4n) is 3.11. The summed E-state index contributed by atoms with van der Waals surface area (Å²) in [7, 11) is 0. The summed E-state index contributed by atoms with van der Waals surface area (Å²) in [5.74, 6) is -1.46. The second kappa shape index (κ2) is 11.8. The zero-order valence-corrected chi connectivity index (χ0v) is 19.1. The first-order valence-electron chi connectivity index (χ1n) is 9.71. The summed E-state index contributed by atoms with van der Waals surface area (Å²) in [4.78, 5) is 38.9. The molecule has 1 saturated heterocycles. The van der Waals surface area contributed by atoms with Crippen LogP contribution in [0.5, 0.6) is 0 Å². The monoisotopic (exact) mass is 505 g/mol. The summed E-state index contributed by atoms with van der Waals surface area (Å²) >= 11 is 4.25. The largest absolute Gasteiger partial charge is 0.463 e. The number of nitrogens with two attached hydrogens (primary N) is 1. The molecule has 1 aliphatic heterocycles. The Morgan fingerprint density at radius 1 is 1.06 bits per heavy atom. The van der Waals surface area contributed by atoms with E-state index in [0.717, 1.165) is 27.0 Å². The summed E-state index contributed by atoms with van der Waals surface area (Å²) in [6.07, 6.45) is -2.56. The number of halogens is 3. The van der Waals surface area contributed by atoms with Crippen molar-refractivity contribution in [1.29, 1.82) is 0 Å². The molecule has 0 radical (unpaired) electrons. The second-order valence-electron chi connectivity index (χ2n) is 7.05. The number of ether oxygens (including phenoxy) is 4. The molecule has 186 valence electrons. The van der Waals surface area contributed by atoms with Gasteiger partial charge in [-0.05, 0) is 12.1 Å². The zero-order valence-electron chi connectivity index (χ0n) is 18.2. The van der Waals surface area contributed by atoms with Crippen LogP contribution in [0.1, 0.15) is 26.3 Å². The van der Waals surface area contributed by atoms with E-state index < -0.39 is 65.1 Å². The summed E-state index contributed by atoms with van der Waals surface area (Å²) < 4.78 is 61.7. The van der Waals surface area contributed by atoms with Crippen molar-refractivity contribution < 1.29 is 46.5 Å². The van der Waals surface area contributed by atoms with Crippen LogP contribution in [0.2, 0.25) is 0 Å². The van der Waals surface area contributed by atoms with Crippen molar-refractivity contribution in [3.63, 3.8) is 0 Å². The van der Waals surface area contributed by atoms with Crippen molar-refractivity contribution in [2.24, 2.45) is 15.9 Å². The second-order valence-corrected chi connectivity index (χ2v) is 7.56. The maximum absolute atomic E-state index is 13.7. The Hall–Kier alpha value is -3.13. The van der Waals surface area contributed by atoms with Gasteiger partial charge in [0.2, 0.25) is 0 Å². The van der Waals surface area contributed by atoms with E-state index in [1.165, 1.54) is 0 Å². The minimum absolute atomic E-state index is 0.248. The molecule has 0 saturated carbocycles. The van der Waals surface area contributed by atoms with E-state index in [1.807, 2.05) is 0 Å². The Morgan fingerprint density at radius 3 is 2.12 bits per heavy atom. The smallest absolute Gasteiger partial charge is 0.303 e. The van der Waals surface area contributed by atoms with Crippen molar-refractivity contribution in [2.45, 2.75) is 50.6 Å². The Morgan fingerprint density at radius 2 is 1.62 bits per heavy atom. The molecule has 0 amide bonds. The topological polar surface area (TPSA) is 139 Å². The van der Waals surface area contributed by atoms with Gasteiger partial charge >= 0.3 is 17.9 Å². The van der Waals surface area contributed by atoms with Gasteiger partial charge < -0.3 is 24.8 Å². The number of carbonyl (C=O) groups excluding carboxylic acids is 3. The molecule has 0 aliphatic carbocycles. The highest BCUT2D eigenvalue weighted by molar-refractivity contribution is 7.80. The van der Waals surface area contributed by atoms with Crippen LogP contribution in [0, 0.1) is 17.5 Å². The number of carbonyl (C=O) groups is 3. The molecule has 0 aromatic heterocycles. The van der Waals surface area contributed by atoms with Crippen LogP contribution >= 0.6 is 12.6 Å². The Balaban J connectivity index is 2.48. The first-order valence-corrected chi connectivity index (χ1v) is 10.2. The molecular formula is C20H22F3N3O7S. The molecule has 1 aliphatic rings. The van der Waals surface area contributed by atoms with Crippen LogP contribution in [-0.2, 0) is 33.3 Å². The zero-order chi connectivity index (χ0) is 25.6. The predicted octanol–water partition coefficient (Wildman–Crippen LogP) is 1.29. The lowest BCUT2D eigenvalue weighted by atomic mass is 9.97. The maximum atomic E-state index is 13.7. The van der Waals surface area contributed by atoms with Gasteiger partial charge in [0.05, 0.1) is 6.21 Å². The highest BCUT2D eigenvalue weighted by atomic mass is 32.1. The van der Waals surface area contributed by atoms with Gasteiger partial charge in [0.25, 0.3) is 0 Å². The van der Waals surface area contributed by atoms with Crippen molar-refractivity contribution in [2.75, 3.05) is 6.61 Å². The molecular weight excluding hydrogens is 483 g/mol. The third-order valence-corrected chi connectivity index (χ3v) is 4.89. The number of aliphatic imine (C=N–C) groups is 1. The molecule has 2 rings (SSSR count). The fraction of sp³-hybridized carbons (Fsp3) is 0.450. The molecule has 1 fully saturated rings. The van der Waals surface area contributed by atoms with E-state index in [9.17, 15) is 27.6 Å². The average molecular weight is 505 g/mol. The van der Waals surface area contributed by atoms with E-state index in [-0.39, 0.29) is 17.9 Å². The van der Waals surface area contributed by atoms with Crippen LogP contribution in [0.25, 0.3) is 0 Å². The van der Waals surface area contributed by atoms with Crippen molar-refractivity contribution >= 4 is 42.5 Å². The Labute approximate surface area is 197 Å². The summed E-state index contributed by atoms with van der Waals surface area (Å²) in [6.45, 7) is 3.03. The first-order chi connectivity index (χ1) is 15.9. The number of hydrogen-bond acceptors (Lipinski definition) is 11. The number of hydrazone groups is 1. The number of esters is 3. The Bertz CT molecular complexity index is 985. The van der Waals surface area contributed by atoms with Crippen LogP contribution in [-0.4, -0.2) is 66.2 Å². The fourth-order valence-corrected chi connectivity index (χ4v) is 3.51. The summed E-state index contributed by atoms with van der Waals surface area (Å²) in [5, 5.41) is 3.40. The number of thiol groups is 1. The third kappa shape index (κ3) is 6.93. The lowest BCUT2D eigenvalue weighted by Crippen LogP contribution is -2.59. The average Bonchev–Trinajstić information content (AvgIpc) is 2.74. The standard InChI is InChI=1S/C20H22F3N3O7S/c1-8(27)30-7-15-18(31-9(2)28)17(19(20(34)33-15)32-10(3)29)25-6-14(26-24)11-4-12(21)16(23)13(22)5-11/h4-6,15,17-20,34H,7,24H2,1-3H3/t15?,17?,18-,19?,20+/m0/s1. The number of rotatable bonds is 7. The summed E-state index contributed by atoms with van der Waals surface area (Å²) in [5.41, 5.74) is -1.63. The maximum Gasteiger partial charge on any atom is 0.303 e. The van der Waals surface area contributed by atoms with Crippen molar-refractivity contribution in [1.82, 2.24) is 0 Å². The van der Waals surface area contributed by atoms with Gasteiger partial charge in [-0.15, -0.1) is 12.6 Å². The lowest BCUT2D eigenvalue weighted by molar-refractivity contribution is -0.200. The molecule has 10 nitrogen and oxygen atoms in total. The lowest BCUT2D eigenvalue weighted by Gasteiger charge is -2.42. The van der Waals surface area contributed by atoms with Gasteiger partial charge in [-0.1, -0.05) is 0 Å². The molecule has 0 spiro atoms. The molecule has 0 bridgehead atoms.